The van der Waals surface area contributed by atoms with Crippen molar-refractivity contribution in [1.29, 1.82) is 0 Å². The molecule has 0 amide bonds. The van der Waals surface area contributed by atoms with Gasteiger partial charge in [-0.3, -0.25) is 14.4 Å². The molecule has 3 aromatic rings. The zero-order chi connectivity index (χ0) is 22.3. The highest BCUT2D eigenvalue weighted by Crippen LogP contribution is 2.19. The summed E-state index contributed by atoms with van der Waals surface area (Å²) >= 11 is 0. The van der Waals surface area contributed by atoms with E-state index in [1.807, 2.05) is 24.3 Å². The van der Waals surface area contributed by atoms with E-state index in [1.54, 1.807) is 54.9 Å². The van der Waals surface area contributed by atoms with E-state index in [2.05, 4.69) is 33.6 Å². The Kier molecular flexibility index (Phi) is 11.1. The molecule has 180 valence electrons. The lowest BCUT2D eigenvalue weighted by atomic mass is 9.94. The molecule has 0 aliphatic carbocycles. The predicted octanol–water partition coefficient (Wildman–Crippen LogP) is 4.34. The molecular weight excluding hydrogens is 483 g/mol. The second-order valence-electron chi connectivity index (χ2n) is 8.01. The van der Waals surface area contributed by atoms with Gasteiger partial charge in [0.15, 0.2) is 0 Å². The van der Waals surface area contributed by atoms with Crippen molar-refractivity contribution < 1.29 is 13.5 Å². The molecule has 0 radical (unpaired) electrons. The van der Waals surface area contributed by atoms with Crippen molar-refractivity contribution >= 4 is 46.4 Å². The number of halogens is 2. The fraction of sp³-hybridized carbons (Fsp3) is 0.261. The maximum atomic E-state index is 12.3. The number of para-hydroxylation sites is 1. The van der Waals surface area contributed by atoms with Gasteiger partial charge in [-0.05, 0) is 56.2 Å². The number of nitrogens with zero attached hydrogens (tertiary/aromatic N) is 1. The van der Waals surface area contributed by atoms with Crippen molar-refractivity contribution in [3.63, 3.8) is 0 Å². The van der Waals surface area contributed by atoms with Gasteiger partial charge >= 0.3 is 10.2 Å². The van der Waals surface area contributed by atoms with Gasteiger partial charge < -0.3 is 10.4 Å². The zero-order valence-corrected chi connectivity index (χ0v) is 20.9. The molecule has 2 aromatic carbocycles. The molecule has 4 N–H and O–H groups in total. The van der Waals surface area contributed by atoms with Crippen LogP contribution in [-0.2, 0) is 16.6 Å². The molecule has 0 bridgehead atoms. The molecule has 1 aromatic heterocycles. The van der Waals surface area contributed by atoms with Crippen LogP contribution in [0.4, 0.5) is 11.4 Å². The van der Waals surface area contributed by atoms with Crippen LogP contribution >= 0.6 is 24.8 Å². The topological polar surface area (TPSA) is 103 Å². The van der Waals surface area contributed by atoms with Crippen LogP contribution < -0.4 is 14.8 Å². The summed E-state index contributed by atoms with van der Waals surface area (Å²) in [7, 11) is -3.73. The van der Waals surface area contributed by atoms with Crippen LogP contribution in [0.15, 0.2) is 79.1 Å². The lowest BCUT2D eigenvalue weighted by molar-refractivity contribution is 0.160. The van der Waals surface area contributed by atoms with Crippen LogP contribution in [0.1, 0.15) is 31.1 Å². The Morgan fingerprint density at radius 2 is 1.52 bits per heavy atom. The number of nitrogens with one attached hydrogen (secondary N) is 3. The monoisotopic (exact) mass is 512 g/mol. The summed E-state index contributed by atoms with van der Waals surface area (Å²) in [6.07, 6.45) is 3.41. The molecular formula is C23H30Cl2N4O3S. The van der Waals surface area contributed by atoms with Gasteiger partial charge in [0.05, 0.1) is 17.5 Å². The Labute approximate surface area is 208 Å². The Bertz CT molecular complexity index is 1070. The van der Waals surface area contributed by atoms with E-state index < -0.39 is 16.3 Å². The fourth-order valence-electron chi connectivity index (χ4n) is 3.17. The molecule has 0 spiro atoms. The number of β-amino-alcohol motifs (C(OH)–C–C–N with tert-alkyl or cyclic N) is 1. The van der Waals surface area contributed by atoms with Crippen molar-refractivity contribution in [3.8, 4) is 0 Å². The lowest BCUT2D eigenvalue weighted by Gasteiger charge is -2.28. The van der Waals surface area contributed by atoms with E-state index in [0.29, 0.717) is 24.3 Å². The average molecular weight is 513 g/mol. The summed E-state index contributed by atoms with van der Waals surface area (Å²) in [5.74, 6) is 0. The van der Waals surface area contributed by atoms with Crippen LogP contribution in [0, 0.1) is 0 Å². The second-order valence-corrected chi connectivity index (χ2v) is 9.43. The van der Waals surface area contributed by atoms with Gasteiger partial charge in [0.25, 0.3) is 0 Å². The lowest BCUT2D eigenvalue weighted by Crippen LogP contribution is -2.43. The van der Waals surface area contributed by atoms with Gasteiger partial charge in [0.2, 0.25) is 0 Å². The molecule has 10 heteroatoms. The number of aliphatic hydroxyl groups excluding tert-OH is 1. The Balaban J connectivity index is 0.00000272. The Morgan fingerprint density at radius 1 is 0.909 bits per heavy atom. The molecule has 0 aliphatic heterocycles. The normalized spacial score (nSPS) is 12.1. The maximum absolute atomic E-state index is 12.3. The van der Waals surface area contributed by atoms with Gasteiger partial charge in [0.1, 0.15) is 0 Å². The molecule has 1 heterocycles. The smallest absolute Gasteiger partial charge is 0.321 e. The number of pyridine rings is 1. The van der Waals surface area contributed by atoms with Crippen molar-refractivity contribution in [2.45, 2.75) is 31.9 Å². The van der Waals surface area contributed by atoms with E-state index in [0.717, 1.165) is 11.1 Å². The number of hydrogen-bond donors (Lipinski definition) is 4. The molecule has 0 unspecified atom stereocenters. The molecule has 7 nitrogen and oxygen atoms in total. The van der Waals surface area contributed by atoms with Crippen molar-refractivity contribution in [2.75, 3.05) is 16.0 Å². The number of anilines is 2. The minimum Gasteiger partial charge on any atom is -0.387 e. The molecule has 33 heavy (non-hydrogen) atoms. The first-order chi connectivity index (χ1) is 14.7. The molecule has 0 aliphatic rings. The minimum atomic E-state index is -3.73. The van der Waals surface area contributed by atoms with Crippen LogP contribution in [0.3, 0.4) is 0 Å². The summed E-state index contributed by atoms with van der Waals surface area (Å²) in [6, 6.07) is 19.6. The van der Waals surface area contributed by atoms with Gasteiger partial charge in [-0.25, -0.2) is 0 Å². The summed E-state index contributed by atoms with van der Waals surface area (Å²) in [4.78, 5) is 4.03. The predicted molar refractivity (Wildman–Crippen MR) is 139 cm³/mol. The van der Waals surface area contributed by atoms with Gasteiger partial charge in [-0.2, -0.15) is 8.42 Å². The summed E-state index contributed by atoms with van der Waals surface area (Å²) in [5.41, 5.74) is 2.52. The number of hydrogen-bond acceptors (Lipinski definition) is 5. The minimum absolute atomic E-state index is 0. The highest BCUT2D eigenvalue weighted by atomic mass is 35.5. The zero-order valence-electron chi connectivity index (χ0n) is 18.4. The van der Waals surface area contributed by atoms with E-state index in [1.165, 1.54) is 0 Å². The van der Waals surface area contributed by atoms with E-state index in [-0.39, 0.29) is 30.4 Å². The third kappa shape index (κ3) is 9.57. The summed E-state index contributed by atoms with van der Waals surface area (Å²) in [6.45, 7) is 4.52. The highest BCUT2D eigenvalue weighted by molar-refractivity contribution is 7.94. The summed E-state index contributed by atoms with van der Waals surface area (Å²) in [5, 5.41) is 13.7. The van der Waals surface area contributed by atoms with Crippen LogP contribution in [-0.4, -0.2) is 30.6 Å². The Hall–Kier alpha value is -2.36. The fourth-order valence-corrected chi connectivity index (χ4v) is 4.11. The van der Waals surface area contributed by atoms with Crippen molar-refractivity contribution in [2.24, 2.45) is 0 Å². The van der Waals surface area contributed by atoms with E-state index in [4.69, 9.17) is 0 Å². The Morgan fingerprint density at radius 3 is 2.09 bits per heavy atom. The van der Waals surface area contributed by atoms with E-state index >= 15 is 0 Å². The number of rotatable bonds is 10. The average Bonchev–Trinajstić information content (AvgIpc) is 2.74. The molecule has 3 rings (SSSR count). The summed E-state index contributed by atoms with van der Waals surface area (Å²) < 4.78 is 29.6. The number of benzene rings is 2. The molecule has 1 atom stereocenters. The first kappa shape index (κ1) is 28.7. The second kappa shape index (κ2) is 12.8. The quantitative estimate of drug-likeness (QED) is 0.323. The molecule has 0 fully saturated rings. The molecule has 0 saturated carbocycles. The van der Waals surface area contributed by atoms with Gasteiger partial charge in [0, 0.05) is 30.0 Å². The number of aromatic nitrogens is 1. The SMILES string of the molecule is CC(C)(Cc1ccc(NS(=O)(=O)Nc2ccccc2)cc1)NC[C@H](O)c1cccnc1.Cl.Cl. The largest absolute Gasteiger partial charge is 0.387 e. The van der Waals surface area contributed by atoms with Crippen LogP contribution in [0.2, 0.25) is 0 Å². The van der Waals surface area contributed by atoms with Gasteiger partial charge in [-0.1, -0.05) is 36.4 Å². The first-order valence-corrected chi connectivity index (χ1v) is 11.5. The standard InChI is InChI=1S/C23H28N4O3S.2ClH/c1-23(2,25-17-22(28)19-7-6-14-24-16-19)15-18-10-12-21(13-11-18)27-31(29,30)26-20-8-4-3-5-9-20;;/h3-14,16,22,25-28H,15,17H2,1-2H3;2*1H/t22-;;/m0../s1. The highest BCUT2D eigenvalue weighted by Gasteiger charge is 2.20. The first-order valence-electron chi connectivity index (χ1n) is 10.00. The van der Waals surface area contributed by atoms with Crippen molar-refractivity contribution in [1.82, 2.24) is 10.3 Å². The molecule has 0 saturated heterocycles. The third-order valence-corrected chi connectivity index (χ3v) is 5.73. The van der Waals surface area contributed by atoms with Crippen LogP contribution in [0.5, 0.6) is 0 Å². The van der Waals surface area contributed by atoms with E-state index in [9.17, 15) is 13.5 Å². The van der Waals surface area contributed by atoms with Gasteiger partial charge in [-0.15, -0.1) is 24.8 Å². The number of aliphatic hydroxyl groups is 1. The maximum Gasteiger partial charge on any atom is 0.321 e. The third-order valence-electron chi connectivity index (χ3n) is 4.72. The van der Waals surface area contributed by atoms with Crippen molar-refractivity contribution in [3.05, 3.63) is 90.3 Å². The van der Waals surface area contributed by atoms with Crippen LogP contribution in [0.25, 0.3) is 0 Å².